The van der Waals surface area contributed by atoms with Gasteiger partial charge in [0.05, 0.1) is 11.2 Å². The number of rotatable bonds is 4. The molecule has 72 valence electrons. The normalized spacial score (nSPS) is 12.8. The van der Waals surface area contributed by atoms with Crippen LogP contribution >= 0.6 is 11.6 Å². The topological polar surface area (TPSA) is 81.1 Å². The van der Waals surface area contributed by atoms with Gasteiger partial charge in [0.2, 0.25) is 0 Å². The molecule has 0 spiro atoms. The van der Waals surface area contributed by atoms with Crippen molar-refractivity contribution in [1.82, 2.24) is 9.78 Å². The smallest absolute Gasteiger partial charge is 0.320 e. The van der Waals surface area contributed by atoms with Crippen LogP contribution in [0.25, 0.3) is 0 Å². The second kappa shape index (κ2) is 4.25. The Morgan fingerprint density at radius 1 is 1.85 bits per heavy atom. The molecular formula is C7H10ClN3O2. The van der Waals surface area contributed by atoms with E-state index in [9.17, 15) is 4.79 Å². The lowest BCUT2D eigenvalue weighted by Gasteiger charge is -2.05. The van der Waals surface area contributed by atoms with E-state index in [-0.39, 0.29) is 0 Å². The Morgan fingerprint density at radius 3 is 3.00 bits per heavy atom. The van der Waals surface area contributed by atoms with E-state index in [1.807, 2.05) is 0 Å². The Morgan fingerprint density at radius 2 is 2.54 bits per heavy atom. The predicted molar refractivity (Wildman–Crippen MR) is 47.5 cm³/mol. The molecule has 0 saturated carbocycles. The van der Waals surface area contributed by atoms with Crippen LogP contribution in [0.5, 0.6) is 0 Å². The maximum atomic E-state index is 10.3. The van der Waals surface area contributed by atoms with Crippen LogP contribution in [-0.2, 0) is 11.3 Å². The number of aliphatic carboxylic acids is 1. The molecule has 13 heavy (non-hydrogen) atoms. The van der Waals surface area contributed by atoms with E-state index >= 15 is 0 Å². The van der Waals surface area contributed by atoms with Gasteiger partial charge in [-0.15, -0.1) is 0 Å². The Hall–Kier alpha value is -1.07. The SMILES string of the molecule is N[C@H](CCn1cc(Cl)cn1)C(=O)O. The number of nitrogens with two attached hydrogens (primary N) is 1. The van der Waals surface area contributed by atoms with Crippen molar-refractivity contribution in [3.8, 4) is 0 Å². The maximum Gasteiger partial charge on any atom is 0.320 e. The standard InChI is InChI=1S/C7H10ClN3O2/c8-5-3-10-11(4-5)2-1-6(9)7(12)13/h3-4,6H,1-2,9H2,(H,12,13)/t6-/m1/s1. The van der Waals surface area contributed by atoms with Crippen molar-refractivity contribution in [2.24, 2.45) is 5.73 Å². The highest BCUT2D eigenvalue weighted by molar-refractivity contribution is 6.30. The minimum atomic E-state index is -1.00. The first kappa shape index (κ1) is 10.0. The lowest BCUT2D eigenvalue weighted by atomic mass is 10.2. The summed E-state index contributed by atoms with van der Waals surface area (Å²) < 4.78 is 1.56. The summed E-state index contributed by atoms with van der Waals surface area (Å²) >= 11 is 5.61. The minimum absolute atomic E-state index is 0.341. The van der Waals surface area contributed by atoms with Gasteiger partial charge in [0.25, 0.3) is 0 Å². The molecule has 1 rings (SSSR count). The molecule has 0 unspecified atom stereocenters. The number of nitrogens with zero attached hydrogens (tertiary/aromatic N) is 2. The van der Waals surface area contributed by atoms with E-state index < -0.39 is 12.0 Å². The highest BCUT2D eigenvalue weighted by Crippen LogP contribution is 2.05. The Bertz CT molecular complexity index is 300. The van der Waals surface area contributed by atoms with E-state index in [0.29, 0.717) is 18.0 Å². The molecule has 0 saturated heterocycles. The Balaban J connectivity index is 2.39. The van der Waals surface area contributed by atoms with E-state index in [1.54, 1.807) is 10.9 Å². The van der Waals surface area contributed by atoms with Gasteiger partial charge in [0.1, 0.15) is 6.04 Å². The number of hydrogen-bond acceptors (Lipinski definition) is 3. The fourth-order valence-corrected chi connectivity index (χ4v) is 1.01. The van der Waals surface area contributed by atoms with Crippen LogP contribution in [0.15, 0.2) is 12.4 Å². The maximum absolute atomic E-state index is 10.3. The predicted octanol–water partition coefficient (Wildman–Crippen LogP) is 0.338. The zero-order valence-electron chi connectivity index (χ0n) is 6.85. The molecule has 0 aliphatic carbocycles. The molecule has 6 heteroatoms. The molecule has 0 fully saturated rings. The fourth-order valence-electron chi connectivity index (χ4n) is 0.855. The molecule has 0 aliphatic rings. The molecular weight excluding hydrogens is 194 g/mol. The van der Waals surface area contributed by atoms with Crippen molar-refractivity contribution < 1.29 is 9.90 Å². The van der Waals surface area contributed by atoms with E-state index in [4.69, 9.17) is 22.4 Å². The first-order chi connectivity index (χ1) is 6.09. The van der Waals surface area contributed by atoms with Crippen molar-refractivity contribution in [2.75, 3.05) is 0 Å². The molecule has 5 nitrogen and oxygen atoms in total. The number of hydrogen-bond donors (Lipinski definition) is 2. The lowest BCUT2D eigenvalue weighted by Crippen LogP contribution is -2.31. The summed E-state index contributed by atoms with van der Waals surface area (Å²) in [6.45, 7) is 0.459. The van der Waals surface area contributed by atoms with E-state index in [0.717, 1.165) is 0 Å². The van der Waals surface area contributed by atoms with Gasteiger partial charge in [-0.3, -0.25) is 9.48 Å². The Kier molecular flexibility index (Phi) is 3.27. The van der Waals surface area contributed by atoms with Crippen LogP contribution in [0, 0.1) is 0 Å². The molecule has 0 aliphatic heterocycles. The highest BCUT2D eigenvalue weighted by Gasteiger charge is 2.10. The number of aromatic nitrogens is 2. The van der Waals surface area contributed by atoms with Crippen LogP contribution < -0.4 is 5.73 Å². The van der Waals surface area contributed by atoms with Gasteiger partial charge in [-0.25, -0.2) is 0 Å². The van der Waals surface area contributed by atoms with Crippen LogP contribution in [-0.4, -0.2) is 26.9 Å². The van der Waals surface area contributed by atoms with Gasteiger partial charge in [0.15, 0.2) is 0 Å². The number of aryl methyl sites for hydroxylation is 1. The third-order valence-corrected chi connectivity index (χ3v) is 1.78. The molecule has 1 aromatic heterocycles. The monoisotopic (exact) mass is 203 g/mol. The summed E-state index contributed by atoms with van der Waals surface area (Å²) in [6, 6.07) is -0.844. The van der Waals surface area contributed by atoms with Crippen LogP contribution in [0.1, 0.15) is 6.42 Å². The average molecular weight is 204 g/mol. The summed E-state index contributed by atoms with van der Waals surface area (Å²) in [4.78, 5) is 10.3. The number of carboxylic acid groups (broad SMARTS) is 1. The number of carboxylic acids is 1. The van der Waals surface area contributed by atoms with Gasteiger partial charge in [0, 0.05) is 12.7 Å². The molecule has 0 amide bonds. The third kappa shape index (κ3) is 3.04. The largest absolute Gasteiger partial charge is 0.480 e. The first-order valence-corrected chi connectivity index (χ1v) is 4.13. The van der Waals surface area contributed by atoms with Crippen LogP contribution in [0.2, 0.25) is 5.02 Å². The lowest BCUT2D eigenvalue weighted by molar-refractivity contribution is -0.138. The second-order valence-electron chi connectivity index (χ2n) is 2.66. The summed E-state index contributed by atoms with van der Waals surface area (Å²) in [7, 11) is 0. The molecule has 0 aromatic carbocycles. The zero-order valence-corrected chi connectivity index (χ0v) is 7.61. The highest BCUT2D eigenvalue weighted by atomic mass is 35.5. The van der Waals surface area contributed by atoms with Crippen LogP contribution in [0.4, 0.5) is 0 Å². The number of halogens is 1. The van der Waals surface area contributed by atoms with Gasteiger partial charge in [-0.05, 0) is 6.42 Å². The molecule has 1 heterocycles. The van der Waals surface area contributed by atoms with Crippen molar-refractivity contribution >= 4 is 17.6 Å². The van der Waals surface area contributed by atoms with Crippen molar-refractivity contribution in [3.63, 3.8) is 0 Å². The van der Waals surface area contributed by atoms with E-state index in [2.05, 4.69) is 5.10 Å². The van der Waals surface area contributed by atoms with Crippen molar-refractivity contribution in [2.45, 2.75) is 19.0 Å². The molecule has 1 atom stereocenters. The van der Waals surface area contributed by atoms with Gasteiger partial charge < -0.3 is 10.8 Å². The summed E-state index contributed by atoms with van der Waals surface area (Å²) in [5, 5.41) is 12.9. The Labute approximate surface area is 80.1 Å². The van der Waals surface area contributed by atoms with Crippen LogP contribution in [0.3, 0.4) is 0 Å². The summed E-state index contributed by atoms with van der Waals surface area (Å²) in [5.74, 6) is -1.00. The van der Waals surface area contributed by atoms with Gasteiger partial charge >= 0.3 is 5.97 Å². The summed E-state index contributed by atoms with van der Waals surface area (Å²) in [5.41, 5.74) is 5.30. The molecule has 3 N–H and O–H groups in total. The quantitative estimate of drug-likeness (QED) is 0.740. The van der Waals surface area contributed by atoms with Gasteiger partial charge in [-0.1, -0.05) is 11.6 Å². The summed E-state index contributed by atoms with van der Waals surface area (Å²) in [6.07, 6.45) is 3.46. The van der Waals surface area contributed by atoms with Crippen molar-refractivity contribution in [1.29, 1.82) is 0 Å². The molecule has 0 radical (unpaired) electrons. The van der Waals surface area contributed by atoms with Gasteiger partial charge in [-0.2, -0.15) is 5.10 Å². The number of carbonyl (C=O) groups is 1. The van der Waals surface area contributed by atoms with Crippen molar-refractivity contribution in [3.05, 3.63) is 17.4 Å². The third-order valence-electron chi connectivity index (χ3n) is 1.59. The average Bonchev–Trinajstić information content (AvgIpc) is 2.47. The fraction of sp³-hybridized carbons (Fsp3) is 0.429. The first-order valence-electron chi connectivity index (χ1n) is 3.76. The minimum Gasteiger partial charge on any atom is -0.480 e. The second-order valence-corrected chi connectivity index (χ2v) is 3.09. The molecule has 1 aromatic rings. The van der Waals surface area contributed by atoms with E-state index in [1.165, 1.54) is 6.20 Å². The zero-order chi connectivity index (χ0) is 9.84. The molecule has 0 bridgehead atoms.